The highest BCUT2D eigenvalue weighted by Gasteiger charge is 2.41. The lowest BCUT2D eigenvalue weighted by atomic mass is 9.90. The second-order valence-electron chi connectivity index (χ2n) is 9.28. The maximum absolute atomic E-state index is 13.7. The number of carbonyl (C=O) groups is 3. The highest BCUT2D eigenvalue weighted by Crippen LogP contribution is 2.44. The SMILES string of the molecule is CCC(CC)(NC(=O)OCC1c2ccccc2-c2ccccc21)C(=O)N(CC(=O)O)Cc1ccccc1. The lowest BCUT2D eigenvalue weighted by Gasteiger charge is -2.36. The predicted molar refractivity (Wildman–Crippen MR) is 141 cm³/mol. The number of aliphatic carboxylic acids is 1. The molecule has 1 aliphatic carbocycles. The second kappa shape index (κ2) is 11.3. The van der Waals surface area contributed by atoms with E-state index in [1.165, 1.54) is 4.90 Å². The maximum atomic E-state index is 13.7. The molecule has 4 rings (SSSR count). The molecule has 3 aromatic rings. The molecule has 0 spiro atoms. The van der Waals surface area contributed by atoms with Gasteiger partial charge in [-0.05, 0) is 40.7 Å². The van der Waals surface area contributed by atoms with Gasteiger partial charge in [0.25, 0.3) is 0 Å². The minimum absolute atomic E-state index is 0.104. The van der Waals surface area contributed by atoms with Crippen LogP contribution in [0.3, 0.4) is 0 Å². The van der Waals surface area contributed by atoms with Gasteiger partial charge in [0.1, 0.15) is 18.7 Å². The van der Waals surface area contributed by atoms with E-state index in [1.54, 1.807) is 13.8 Å². The number of ether oxygens (including phenoxy) is 1. The number of carbonyl (C=O) groups excluding carboxylic acids is 2. The van der Waals surface area contributed by atoms with Crippen molar-refractivity contribution in [2.75, 3.05) is 13.2 Å². The first-order chi connectivity index (χ1) is 17.9. The third-order valence-corrected chi connectivity index (χ3v) is 7.13. The number of benzene rings is 3. The lowest BCUT2D eigenvalue weighted by molar-refractivity contribution is -0.148. The number of fused-ring (bicyclic) bond motifs is 3. The summed E-state index contributed by atoms with van der Waals surface area (Å²) in [6.45, 7) is 3.38. The molecule has 1 aliphatic rings. The number of nitrogens with zero attached hydrogens (tertiary/aromatic N) is 1. The zero-order chi connectivity index (χ0) is 26.4. The first-order valence-corrected chi connectivity index (χ1v) is 12.6. The van der Waals surface area contributed by atoms with Gasteiger partial charge in [-0.2, -0.15) is 0 Å². The molecule has 192 valence electrons. The number of alkyl carbamates (subject to hydrolysis) is 1. The van der Waals surface area contributed by atoms with Gasteiger partial charge in [-0.25, -0.2) is 4.79 Å². The van der Waals surface area contributed by atoms with Crippen molar-refractivity contribution < 1.29 is 24.2 Å². The van der Waals surface area contributed by atoms with E-state index in [4.69, 9.17) is 4.74 Å². The summed E-state index contributed by atoms with van der Waals surface area (Å²) in [5, 5.41) is 12.3. The van der Waals surface area contributed by atoms with E-state index in [0.717, 1.165) is 27.8 Å². The van der Waals surface area contributed by atoms with Gasteiger partial charge in [0.05, 0.1) is 0 Å². The van der Waals surface area contributed by atoms with Gasteiger partial charge in [-0.1, -0.05) is 92.7 Å². The van der Waals surface area contributed by atoms with Crippen LogP contribution in [0.2, 0.25) is 0 Å². The van der Waals surface area contributed by atoms with E-state index in [-0.39, 0.29) is 31.9 Å². The summed E-state index contributed by atoms with van der Waals surface area (Å²) >= 11 is 0. The Morgan fingerprint density at radius 2 is 1.41 bits per heavy atom. The van der Waals surface area contributed by atoms with E-state index >= 15 is 0 Å². The fourth-order valence-electron chi connectivity index (χ4n) is 5.08. The molecule has 0 aliphatic heterocycles. The number of amides is 2. The fraction of sp³-hybridized carbons (Fsp3) is 0.300. The molecular weight excluding hydrogens is 468 g/mol. The van der Waals surface area contributed by atoms with Crippen molar-refractivity contribution in [1.29, 1.82) is 0 Å². The van der Waals surface area contributed by atoms with Crippen molar-refractivity contribution in [3.63, 3.8) is 0 Å². The van der Waals surface area contributed by atoms with Crippen LogP contribution in [-0.2, 0) is 20.9 Å². The molecular formula is C30H32N2O5. The van der Waals surface area contributed by atoms with E-state index in [2.05, 4.69) is 17.4 Å². The summed E-state index contributed by atoms with van der Waals surface area (Å²) < 4.78 is 5.69. The van der Waals surface area contributed by atoms with Gasteiger partial charge in [0, 0.05) is 12.5 Å². The Hall–Kier alpha value is -4.13. The van der Waals surface area contributed by atoms with Crippen LogP contribution in [0, 0.1) is 0 Å². The Kier molecular flexibility index (Phi) is 7.92. The molecule has 37 heavy (non-hydrogen) atoms. The van der Waals surface area contributed by atoms with Crippen LogP contribution in [0.4, 0.5) is 4.79 Å². The second-order valence-corrected chi connectivity index (χ2v) is 9.28. The number of hydrogen-bond acceptors (Lipinski definition) is 4. The molecule has 2 N–H and O–H groups in total. The molecule has 0 saturated heterocycles. The Morgan fingerprint density at radius 1 is 0.865 bits per heavy atom. The van der Waals surface area contributed by atoms with Crippen molar-refractivity contribution in [3.05, 3.63) is 95.6 Å². The van der Waals surface area contributed by atoms with Crippen LogP contribution in [0.5, 0.6) is 0 Å². The van der Waals surface area contributed by atoms with E-state index in [0.29, 0.717) is 0 Å². The smallest absolute Gasteiger partial charge is 0.408 e. The van der Waals surface area contributed by atoms with Crippen LogP contribution in [0.25, 0.3) is 11.1 Å². The largest absolute Gasteiger partial charge is 0.480 e. The van der Waals surface area contributed by atoms with Crippen molar-refractivity contribution in [1.82, 2.24) is 10.2 Å². The summed E-state index contributed by atoms with van der Waals surface area (Å²) in [7, 11) is 0. The van der Waals surface area contributed by atoms with Crippen LogP contribution < -0.4 is 5.32 Å². The van der Waals surface area contributed by atoms with Gasteiger partial charge >= 0.3 is 12.1 Å². The fourth-order valence-corrected chi connectivity index (χ4v) is 5.08. The third-order valence-electron chi connectivity index (χ3n) is 7.13. The molecule has 7 heteroatoms. The van der Waals surface area contributed by atoms with Crippen molar-refractivity contribution >= 4 is 18.0 Å². The molecule has 0 aromatic heterocycles. The molecule has 0 fully saturated rings. The topological polar surface area (TPSA) is 95.9 Å². The summed E-state index contributed by atoms with van der Waals surface area (Å²) in [6.07, 6.45) is -0.122. The summed E-state index contributed by atoms with van der Waals surface area (Å²) in [4.78, 5) is 39.6. The zero-order valence-electron chi connectivity index (χ0n) is 21.1. The molecule has 7 nitrogen and oxygen atoms in total. The first kappa shape index (κ1) is 25.9. The highest BCUT2D eigenvalue weighted by atomic mass is 16.5. The maximum Gasteiger partial charge on any atom is 0.408 e. The van der Waals surface area contributed by atoms with Crippen LogP contribution in [0.15, 0.2) is 78.9 Å². The average molecular weight is 501 g/mol. The summed E-state index contributed by atoms with van der Waals surface area (Å²) in [6, 6.07) is 25.3. The molecule has 0 saturated carbocycles. The Labute approximate surface area is 217 Å². The van der Waals surface area contributed by atoms with Gasteiger partial charge in [-0.15, -0.1) is 0 Å². The van der Waals surface area contributed by atoms with E-state index < -0.39 is 30.1 Å². The Bertz CT molecular complexity index is 1220. The molecule has 2 amide bonds. The molecule has 0 bridgehead atoms. The number of carboxylic acid groups (broad SMARTS) is 1. The molecule has 0 unspecified atom stereocenters. The Balaban J connectivity index is 1.50. The third kappa shape index (κ3) is 5.50. The van der Waals surface area contributed by atoms with Crippen molar-refractivity contribution in [2.45, 2.75) is 44.7 Å². The number of rotatable bonds is 10. The predicted octanol–water partition coefficient (Wildman–Crippen LogP) is 5.20. The van der Waals surface area contributed by atoms with Gasteiger partial charge in [0.2, 0.25) is 5.91 Å². The van der Waals surface area contributed by atoms with Crippen LogP contribution >= 0.6 is 0 Å². The lowest BCUT2D eigenvalue weighted by Crippen LogP contribution is -2.59. The van der Waals surface area contributed by atoms with Crippen LogP contribution in [-0.4, -0.2) is 46.7 Å². The number of carboxylic acids is 1. The average Bonchev–Trinajstić information content (AvgIpc) is 3.24. The standard InChI is InChI=1S/C30H32N2O5/c1-3-30(4-2,28(35)32(19-27(33)34)18-21-12-6-5-7-13-21)31-29(36)37-20-26-24-16-10-8-14-22(24)23-15-9-11-17-25(23)26/h5-17,26H,3-4,18-20H2,1-2H3,(H,31,36)(H,33,34). The first-order valence-electron chi connectivity index (χ1n) is 12.6. The monoisotopic (exact) mass is 500 g/mol. The molecule has 3 aromatic carbocycles. The van der Waals surface area contributed by atoms with Crippen LogP contribution in [0.1, 0.15) is 49.3 Å². The Morgan fingerprint density at radius 3 is 1.95 bits per heavy atom. The summed E-state index contributed by atoms with van der Waals surface area (Å²) in [5.41, 5.74) is 3.97. The van der Waals surface area contributed by atoms with E-state index in [1.807, 2.05) is 66.7 Å². The van der Waals surface area contributed by atoms with Gasteiger partial charge < -0.3 is 20.1 Å². The highest BCUT2D eigenvalue weighted by molar-refractivity contribution is 5.92. The van der Waals surface area contributed by atoms with Crippen molar-refractivity contribution in [3.8, 4) is 11.1 Å². The summed E-state index contributed by atoms with van der Waals surface area (Å²) in [5.74, 6) is -1.67. The normalized spacial score (nSPS) is 12.4. The number of nitrogens with one attached hydrogen (secondary N) is 1. The molecule has 0 radical (unpaired) electrons. The zero-order valence-corrected chi connectivity index (χ0v) is 21.1. The van der Waals surface area contributed by atoms with Gasteiger partial charge in [0.15, 0.2) is 0 Å². The number of hydrogen-bond donors (Lipinski definition) is 2. The van der Waals surface area contributed by atoms with Crippen molar-refractivity contribution in [2.24, 2.45) is 0 Å². The minimum Gasteiger partial charge on any atom is -0.480 e. The molecule has 0 heterocycles. The van der Waals surface area contributed by atoms with Gasteiger partial charge in [-0.3, -0.25) is 9.59 Å². The quantitative estimate of drug-likeness (QED) is 0.399. The molecule has 0 atom stereocenters. The van der Waals surface area contributed by atoms with E-state index in [9.17, 15) is 19.5 Å². The minimum atomic E-state index is -1.28.